The van der Waals surface area contributed by atoms with Crippen LogP contribution in [0, 0.1) is 0 Å². The minimum atomic E-state index is -0.279. The first-order chi connectivity index (χ1) is 9.15. The highest BCUT2D eigenvalue weighted by molar-refractivity contribution is 9.10. The predicted octanol–water partition coefficient (Wildman–Crippen LogP) is 2.63. The van der Waals surface area contributed by atoms with Crippen LogP contribution in [0.4, 0.5) is 0 Å². The zero-order chi connectivity index (χ0) is 13.7. The third-order valence-corrected chi connectivity index (χ3v) is 2.85. The summed E-state index contributed by atoms with van der Waals surface area (Å²) >= 11 is 3.37. The van der Waals surface area contributed by atoms with Gasteiger partial charge in [-0.15, -0.1) is 0 Å². The Morgan fingerprint density at radius 2 is 2.37 bits per heavy atom. The van der Waals surface area contributed by atoms with Crippen molar-refractivity contribution in [1.29, 1.82) is 0 Å². The smallest absolute Gasteiger partial charge is 0.273 e. The summed E-state index contributed by atoms with van der Waals surface area (Å²) in [6.45, 7) is 2.27. The van der Waals surface area contributed by atoms with Crippen molar-refractivity contribution in [1.82, 2.24) is 10.5 Å². The maximum absolute atomic E-state index is 11.6. The molecule has 0 aliphatic heterocycles. The molecule has 2 rings (SSSR count). The fraction of sp³-hybridized carbons (Fsp3) is 0.231. The van der Waals surface area contributed by atoms with Crippen LogP contribution in [0.1, 0.15) is 17.4 Å². The lowest BCUT2D eigenvalue weighted by Gasteiger charge is -2.15. The van der Waals surface area contributed by atoms with Crippen molar-refractivity contribution in [3.63, 3.8) is 0 Å². The largest absolute Gasteiger partial charge is 0.489 e. The molecule has 5 nitrogen and oxygen atoms in total. The zero-order valence-electron chi connectivity index (χ0n) is 10.3. The number of hydrogen-bond donors (Lipinski definition) is 1. The van der Waals surface area contributed by atoms with Crippen LogP contribution in [0.15, 0.2) is 45.6 Å². The van der Waals surface area contributed by atoms with Crippen LogP contribution in [0.2, 0.25) is 0 Å². The van der Waals surface area contributed by atoms with Gasteiger partial charge in [0.25, 0.3) is 5.91 Å². The van der Waals surface area contributed by atoms with E-state index in [0.717, 1.165) is 10.2 Å². The molecule has 1 N–H and O–H groups in total. The van der Waals surface area contributed by atoms with E-state index in [1.807, 2.05) is 31.2 Å². The number of hydrogen-bond acceptors (Lipinski definition) is 4. The monoisotopic (exact) mass is 324 g/mol. The number of nitrogens with zero attached hydrogens (tertiary/aromatic N) is 1. The fourth-order valence-electron chi connectivity index (χ4n) is 1.47. The summed E-state index contributed by atoms with van der Waals surface area (Å²) < 4.78 is 11.2. The third-order valence-electron chi connectivity index (χ3n) is 2.35. The molecule has 0 saturated heterocycles. The van der Waals surface area contributed by atoms with Gasteiger partial charge in [-0.25, -0.2) is 0 Å². The molecule has 1 unspecified atom stereocenters. The van der Waals surface area contributed by atoms with E-state index in [-0.39, 0.29) is 17.7 Å². The van der Waals surface area contributed by atoms with E-state index < -0.39 is 0 Å². The molecule has 2 aromatic rings. The highest BCUT2D eigenvalue weighted by Gasteiger charge is 2.11. The summed E-state index contributed by atoms with van der Waals surface area (Å²) in [5.74, 6) is 0.469. The van der Waals surface area contributed by atoms with Gasteiger partial charge in [0.2, 0.25) is 0 Å². The molecule has 0 saturated carbocycles. The van der Waals surface area contributed by atoms with Crippen LogP contribution in [-0.2, 0) is 0 Å². The van der Waals surface area contributed by atoms with E-state index in [9.17, 15) is 4.79 Å². The third kappa shape index (κ3) is 4.10. The highest BCUT2D eigenvalue weighted by atomic mass is 79.9. The molecule has 0 aliphatic carbocycles. The summed E-state index contributed by atoms with van der Waals surface area (Å²) in [5.41, 5.74) is 0.259. The molecule has 1 aromatic carbocycles. The number of benzene rings is 1. The summed E-state index contributed by atoms with van der Waals surface area (Å²) in [5, 5.41) is 6.28. The van der Waals surface area contributed by atoms with Gasteiger partial charge >= 0.3 is 0 Å². The number of aromatic nitrogens is 1. The van der Waals surface area contributed by atoms with E-state index in [4.69, 9.17) is 4.74 Å². The normalized spacial score (nSPS) is 11.9. The standard InChI is InChI=1S/C13H13BrN2O3/c1-9(19-11-4-2-3-10(14)7-11)8-15-13(17)12-5-6-18-16-12/h2-7,9H,8H2,1H3,(H,15,17). The van der Waals surface area contributed by atoms with Crippen LogP contribution in [-0.4, -0.2) is 23.7 Å². The predicted molar refractivity (Wildman–Crippen MR) is 73.1 cm³/mol. The summed E-state index contributed by atoms with van der Waals surface area (Å²) in [6.07, 6.45) is 1.21. The van der Waals surface area contributed by atoms with E-state index in [2.05, 4.69) is 30.9 Å². The van der Waals surface area contributed by atoms with Crippen LogP contribution >= 0.6 is 15.9 Å². The molecule has 1 amide bonds. The fourth-order valence-corrected chi connectivity index (χ4v) is 1.85. The zero-order valence-corrected chi connectivity index (χ0v) is 11.9. The van der Waals surface area contributed by atoms with E-state index in [1.165, 1.54) is 12.3 Å². The summed E-state index contributed by atoms with van der Waals surface area (Å²) in [7, 11) is 0. The van der Waals surface area contributed by atoms with Gasteiger partial charge in [-0.2, -0.15) is 0 Å². The van der Waals surface area contributed by atoms with Crippen LogP contribution in [0.5, 0.6) is 5.75 Å². The summed E-state index contributed by atoms with van der Waals surface area (Å²) in [4.78, 5) is 11.6. The molecular weight excluding hydrogens is 312 g/mol. The molecule has 0 aliphatic rings. The number of carbonyl (C=O) groups excluding carboxylic acids is 1. The summed E-state index contributed by atoms with van der Waals surface area (Å²) in [6, 6.07) is 9.05. The highest BCUT2D eigenvalue weighted by Crippen LogP contribution is 2.18. The van der Waals surface area contributed by atoms with Gasteiger partial charge in [-0.3, -0.25) is 4.79 Å². The second-order valence-corrected chi connectivity index (χ2v) is 4.90. The van der Waals surface area contributed by atoms with Crippen molar-refractivity contribution in [2.45, 2.75) is 13.0 Å². The Morgan fingerprint density at radius 1 is 1.53 bits per heavy atom. The average molecular weight is 325 g/mol. The SMILES string of the molecule is CC(CNC(=O)c1ccon1)Oc1cccc(Br)c1. The van der Waals surface area contributed by atoms with Crippen molar-refractivity contribution in [2.75, 3.05) is 6.54 Å². The van der Waals surface area contributed by atoms with Crippen LogP contribution in [0.3, 0.4) is 0 Å². The topological polar surface area (TPSA) is 64.4 Å². The lowest BCUT2D eigenvalue weighted by atomic mass is 10.3. The molecule has 0 radical (unpaired) electrons. The number of nitrogens with one attached hydrogen (secondary N) is 1. The Bertz CT molecular complexity index is 543. The number of rotatable bonds is 5. The quantitative estimate of drug-likeness (QED) is 0.918. The molecule has 100 valence electrons. The van der Waals surface area contributed by atoms with Crippen molar-refractivity contribution in [2.24, 2.45) is 0 Å². The second-order valence-electron chi connectivity index (χ2n) is 3.98. The minimum absolute atomic E-state index is 0.148. The molecule has 1 aromatic heterocycles. The van der Waals surface area contributed by atoms with Crippen molar-refractivity contribution >= 4 is 21.8 Å². The molecule has 0 fully saturated rings. The Labute approximate surface area is 119 Å². The van der Waals surface area contributed by atoms with Gasteiger partial charge in [0, 0.05) is 10.5 Å². The Hall–Kier alpha value is -1.82. The maximum atomic E-state index is 11.6. The minimum Gasteiger partial charge on any atom is -0.489 e. The van der Waals surface area contributed by atoms with Crippen LogP contribution in [0.25, 0.3) is 0 Å². The molecule has 1 heterocycles. The van der Waals surface area contributed by atoms with Gasteiger partial charge < -0.3 is 14.6 Å². The number of amides is 1. The van der Waals surface area contributed by atoms with Gasteiger partial charge in [-0.1, -0.05) is 27.2 Å². The molecule has 0 bridgehead atoms. The molecule has 19 heavy (non-hydrogen) atoms. The van der Waals surface area contributed by atoms with Crippen molar-refractivity contribution < 1.29 is 14.1 Å². The Morgan fingerprint density at radius 3 is 3.05 bits per heavy atom. The van der Waals surface area contributed by atoms with Crippen LogP contribution < -0.4 is 10.1 Å². The molecule has 6 heteroatoms. The molecular formula is C13H13BrN2O3. The molecule has 1 atom stereocenters. The first-order valence-corrected chi connectivity index (χ1v) is 6.55. The van der Waals surface area contributed by atoms with Gasteiger partial charge in [-0.05, 0) is 25.1 Å². The van der Waals surface area contributed by atoms with Crippen molar-refractivity contribution in [3.05, 3.63) is 46.8 Å². The van der Waals surface area contributed by atoms with Gasteiger partial charge in [0.15, 0.2) is 5.69 Å². The van der Waals surface area contributed by atoms with Crippen molar-refractivity contribution in [3.8, 4) is 5.75 Å². The second kappa shape index (κ2) is 6.38. The lowest BCUT2D eigenvalue weighted by Crippen LogP contribution is -2.33. The Kier molecular flexibility index (Phi) is 4.57. The van der Waals surface area contributed by atoms with E-state index in [0.29, 0.717) is 6.54 Å². The number of halogens is 1. The van der Waals surface area contributed by atoms with Gasteiger partial charge in [0.1, 0.15) is 18.1 Å². The maximum Gasteiger partial charge on any atom is 0.273 e. The van der Waals surface area contributed by atoms with Gasteiger partial charge in [0.05, 0.1) is 6.54 Å². The Balaban J connectivity index is 1.82. The number of ether oxygens (including phenoxy) is 1. The first-order valence-electron chi connectivity index (χ1n) is 5.76. The molecule has 0 spiro atoms. The lowest BCUT2D eigenvalue weighted by molar-refractivity contribution is 0.0923. The number of carbonyl (C=O) groups is 1. The van der Waals surface area contributed by atoms with E-state index >= 15 is 0 Å². The van der Waals surface area contributed by atoms with E-state index in [1.54, 1.807) is 0 Å². The average Bonchev–Trinajstić information content (AvgIpc) is 2.90. The first kappa shape index (κ1) is 13.6.